The summed E-state index contributed by atoms with van der Waals surface area (Å²) in [5.41, 5.74) is 1.94. The lowest BCUT2D eigenvalue weighted by Gasteiger charge is -1.98. The number of hydrogen-bond acceptors (Lipinski definition) is 3. The van der Waals surface area contributed by atoms with E-state index in [1.165, 1.54) is 0 Å². The summed E-state index contributed by atoms with van der Waals surface area (Å²) in [5.74, 6) is 0.399. The van der Waals surface area contributed by atoms with Crippen LogP contribution in [-0.4, -0.2) is 20.0 Å². The maximum Gasteiger partial charge on any atom is 0.0974 e. The van der Waals surface area contributed by atoms with E-state index in [1.807, 2.05) is 18.3 Å². The Morgan fingerprint density at radius 1 is 1.29 bits per heavy atom. The average molecular weight is 209 g/mol. The highest BCUT2D eigenvalue weighted by Gasteiger charge is 1.99. The minimum absolute atomic E-state index is 0.399. The average Bonchev–Trinajstić information content (AvgIpc) is 2.67. The van der Waals surface area contributed by atoms with E-state index < -0.39 is 0 Å². The Labute approximate surface area is 86.5 Å². The second-order valence-electron chi connectivity index (χ2n) is 2.90. The van der Waals surface area contributed by atoms with Crippen LogP contribution in [0.2, 0.25) is 0 Å². The highest BCUT2D eigenvalue weighted by Crippen LogP contribution is 2.02. The lowest BCUT2D eigenvalue weighted by atomic mass is 10.3. The van der Waals surface area contributed by atoms with Crippen molar-refractivity contribution in [1.82, 2.24) is 20.0 Å². The van der Waals surface area contributed by atoms with Crippen molar-refractivity contribution in [3.63, 3.8) is 0 Å². The van der Waals surface area contributed by atoms with Gasteiger partial charge in [0.25, 0.3) is 0 Å². The Morgan fingerprint density at radius 2 is 2.07 bits per heavy atom. The van der Waals surface area contributed by atoms with Gasteiger partial charge in [0, 0.05) is 12.4 Å². The molecule has 2 aromatic rings. The summed E-state index contributed by atoms with van der Waals surface area (Å²) in [6.45, 7) is 0.701. The third-order valence-electron chi connectivity index (χ3n) is 1.82. The standard InChI is InChI=1S/C9H9ClN4/c10-5-9-7-14(13-12-9)6-8-1-3-11-4-2-8/h1-4,7H,5-6H2. The third kappa shape index (κ3) is 2.09. The zero-order valence-corrected chi connectivity index (χ0v) is 8.22. The quantitative estimate of drug-likeness (QED) is 0.718. The predicted octanol–water partition coefficient (Wildman–Crippen LogP) is 1.46. The number of halogens is 1. The molecule has 0 bridgehead atoms. The van der Waals surface area contributed by atoms with Crippen LogP contribution in [0.5, 0.6) is 0 Å². The number of rotatable bonds is 3. The molecule has 0 radical (unpaired) electrons. The fourth-order valence-electron chi connectivity index (χ4n) is 1.15. The molecule has 0 aliphatic rings. The zero-order chi connectivity index (χ0) is 9.80. The fraction of sp³-hybridized carbons (Fsp3) is 0.222. The lowest BCUT2D eigenvalue weighted by molar-refractivity contribution is 0.649. The molecule has 0 aliphatic heterocycles. The van der Waals surface area contributed by atoms with Crippen LogP contribution in [0.25, 0.3) is 0 Å². The summed E-state index contributed by atoms with van der Waals surface area (Å²) in [4.78, 5) is 3.94. The van der Waals surface area contributed by atoms with E-state index in [-0.39, 0.29) is 0 Å². The van der Waals surface area contributed by atoms with E-state index >= 15 is 0 Å². The van der Waals surface area contributed by atoms with E-state index in [4.69, 9.17) is 11.6 Å². The van der Waals surface area contributed by atoms with E-state index in [9.17, 15) is 0 Å². The Kier molecular flexibility index (Phi) is 2.74. The minimum atomic E-state index is 0.399. The summed E-state index contributed by atoms with van der Waals surface area (Å²) < 4.78 is 1.76. The third-order valence-corrected chi connectivity index (χ3v) is 2.09. The molecule has 0 saturated heterocycles. The van der Waals surface area contributed by atoms with Crippen molar-refractivity contribution in [3.05, 3.63) is 42.0 Å². The van der Waals surface area contributed by atoms with Crippen LogP contribution >= 0.6 is 11.6 Å². The second-order valence-corrected chi connectivity index (χ2v) is 3.16. The molecule has 0 saturated carbocycles. The second kappa shape index (κ2) is 4.19. The molecule has 0 N–H and O–H groups in total. The molecule has 2 rings (SSSR count). The first-order chi connectivity index (χ1) is 6.88. The lowest BCUT2D eigenvalue weighted by Crippen LogP contribution is -2.00. The van der Waals surface area contributed by atoms with Gasteiger partial charge >= 0.3 is 0 Å². The molecule has 72 valence electrons. The number of aromatic nitrogens is 4. The van der Waals surface area contributed by atoms with Gasteiger partial charge < -0.3 is 0 Å². The Balaban J connectivity index is 2.11. The van der Waals surface area contributed by atoms with Gasteiger partial charge in [-0.2, -0.15) is 0 Å². The van der Waals surface area contributed by atoms with E-state index in [0.717, 1.165) is 11.3 Å². The van der Waals surface area contributed by atoms with Gasteiger partial charge in [-0.05, 0) is 17.7 Å². The van der Waals surface area contributed by atoms with Gasteiger partial charge in [0.15, 0.2) is 0 Å². The first kappa shape index (κ1) is 9.15. The van der Waals surface area contributed by atoms with E-state index in [1.54, 1.807) is 17.1 Å². The van der Waals surface area contributed by atoms with Crippen LogP contribution in [0.1, 0.15) is 11.3 Å². The molecule has 4 nitrogen and oxygen atoms in total. The number of alkyl halides is 1. The molecule has 0 unspecified atom stereocenters. The number of nitrogens with zero attached hydrogens (tertiary/aromatic N) is 4. The van der Waals surface area contributed by atoms with Gasteiger partial charge in [0.05, 0.1) is 24.3 Å². The van der Waals surface area contributed by atoms with E-state index in [2.05, 4.69) is 15.3 Å². The monoisotopic (exact) mass is 208 g/mol. The van der Waals surface area contributed by atoms with Crippen LogP contribution in [0.15, 0.2) is 30.7 Å². The fourth-order valence-corrected chi connectivity index (χ4v) is 1.27. The van der Waals surface area contributed by atoms with Crippen molar-refractivity contribution in [2.75, 3.05) is 0 Å². The zero-order valence-electron chi connectivity index (χ0n) is 7.47. The van der Waals surface area contributed by atoms with Crippen molar-refractivity contribution in [3.8, 4) is 0 Å². The summed E-state index contributed by atoms with van der Waals surface area (Å²) in [7, 11) is 0. The van der Waals surface area contributed by atoms with Crippen LogP contribution in [-0.2, 0) is 12.4 Å². The molecular weight excluding hydrogens is 200 g/mol. The predicted molar refractivity (Wildman–Crippen MR) is 52.9 cm³/mol. The smallest absolute Gasteiger partial charge is 0.0974 e. The normalized spacial score (nSPS) is 10.4. The minimum Gasteiger partial charge on any atom is -0.265 e. The summed E-state index contributed by atoms with van der Waals surface area (Å²) >= 11 is 5.62. The largest absolute Gasteiger partial charge is 0.265 e. The van der Waals surface area contributed by atoms with Crippen LogP contribution in [0.3, 0.4) is 0 Å². The van der Waals surface area contributed by atoms with Crippen LogP contribution in [0.4, 0.5) is 0 Å². The summed E-state index contributed by atoms with van der Waals surface area (Å²) in [6, 6.07) is 3.89. The molecule has 0 aromatic carbocycles. The van der Waals surface area contributed by atoms with Crippen molar-refractivity contribution in [1.29, 1.82) is 0 Å². The first-order valence-electron chi connectivity index (χ1n) is 4.22. The van der Waals surface area contributed by atoms with Crippen LogP contribution < -0.4 is 0 Å². The molecule has 2 heterocycles. The molecule has 0 atom stereocenters. The van der Waals surface area contributed by atoms with Crippen molar-refractivity contribution in [2.24, 2.45) is 0 Å². The molecular formula is C9H9ClN4. The molecule has 0 amide bonds. The highest BCUT2D eigenvalue weighted by atomic mass is 35.5. The van der Waals surface area contributed by atoms with Gasteiger partial charge in [-0.15, -0.1) is 16.7 Å². The molecule has 0 aliphatic carbocycles. The Bertz CT molecular complexity index is 398. The summed E-state index contributed by atoms with van der Waals surface area (Å²) in [6.07, 6.45) is 5.36. The van der Waals surface area contributed by atoms with Gasteiger partial charge in [0.1, 0.15) is 0 Å². The van der Waals surface area contributed by atoms with Gasteiger partial charge in [-0.1, -0.05) is 5.21 Å². The van der Waals surface area contributed by atoms with Crippen LogP contribution in [0, 0.1) is 0 Å². The Morgan fingerprint density at radius 3 is 2.71 bits per heavy atom. The van der Waals surface area contributed by atoms with Gasteiger partial charge in [-0.25, -0.2) is 4.68 Å². The molecule has 5 heteroatoms. The molecule has 2 aromatic heterocycles. The number of pyridine rings is 1. The van der Waals surface area contributed by atoms with Crippen molar-refractivity contribution < 1.29 is 0 Å². The molecule has 14 heavy (non-hydrogen) atoms. The first-order valence-corrected chi connectivity index (χ1v) is 4.76. The molecule has 0 fully saturated rings. The maximum atomic E-state index is 5.62. The summed E-state index contributed by atoms with van der Waals surface area (Å²) in [5, 5.41) is 7.84. The SMILES string of the molecule is ClCc1cn(Cc2ccncc2)nn1. The maximum absolute atomic E-state index is 5.62. The number of hydrogen-bond donors (Lipinski definition) is 0. The van der Waals surface area contributed by atoms with E-state index in [0.29, 0.717) is 12.4 Å². The highest BCUT2D eigenvalue weighted by molar-refractivity contribution is 6.16. The van der Waals surface area contributed by atoms with Crippen molar-refractivity contribution >= 4 is 11.6 Å². The Hall–Kier alpha value is -1.42. The molecule has 0 spiro atoms. The van der Waals surface area contributed by atoms with Crippen molar-refractivity contribution in [2.45, 2.75) is 12.4 Å². The van der Waals surface area contributed by atoms with Gasteiger partial charge in [0.2, 0.25) is 0 Å². The topological polar surface area (TPSA) is 43.6 Å². The van der Waals surface area contributed by atoms with Gasteiger partial charge in [-0.3, -0.25) is 4.98 Å².